The minimum Gasteiger partial charge on any atom is -0.497 e. The van der Waals surface area contributed by atoms with Gasteiger partial charge in [0.05, 0.1) is 26.9 Å². The molecular formula is C26H27BO5. The van der Waals surface area contributed by atoms with Crippen molar-refractivity contribution in [2.45, 2.75) is 30.2 Å². The molecule has 1 heterocycles. The summed E-state index contributed by atoms with van der Waals surface area (Å²) < 4.78 is 23.2. The van der Waals surface area contributed by atoms with E-state index in [2.05, 4.69) is 0 Å². The van der Waals surface area contributed by atoms with Crippen molar-refractivity contribution in [1.29, 1.82) is 0 Å². The van der Waals surface area contributed by atoms with Crippen molar-refractivity contribution < 1.29 is 24.1 Å². The van der Waals surface area contributed by atoms with E-state index in [1.807, 2.05) is 78.9 Å². The number of hydrogen-bond donors (Lipinski definition) is 1. The maximum Gasteiger partial charge on any atom is 0.143 e. The summed E-state index contributed by atoms with van der Waals surface area (Å²) in [6.07, 6.45) is -0.799. The number of hydrogen-bond acceptors (Lipinski definition) is 5. The molecule has 2 radical (unpaired) electrons. The van der Waals surface area contributed by atoms with Crippen molar-refractivity contribution in [2.24, 2.45) is 0 Å². The highest BCUT2D eigenvalue weighted by Gasteiger charge is 2.40. The van der Waals surface area contributed by atoms with Crippen LogP contribution in [0.5, 0.6) is 11.5 Å². The minimum absolute atomic E-state index is 0.168. The molecule has 6 heteroatoms. The van der Waals surface area contributed by atoms with E-state index in [0.717, 1.165) is 28.2 Å². The summed E-state index contributed by atoms with van der Waals surface area (Å²) in [7, 11) is 9.17. The third kappa shape index (κ3) is 4.39. The Kier molecular flexibility index (Phi) is 6.84. The van der Waals surface area contributed by atoms with Crippen LogP contribution < -0.4 is 9.47 Å². The number of rotatable bonds is 8. The third-order valence-electron chi connectivity index (χ3n) is 5.89. The van der Waals surface area contributed by atoms with E-state index in [1.54, 1.807) is 14.2 Å². The summed E-state index contributed by atoms with van der Waals surface area (Å²) in [6, 6.07) is 25.1. The summed E-state index contributed by atoms with van der Waals surface area (Å²) in [6.45, 7) is 0.168. The summed E-state index contributed by atoms with van der Waals surface area (Å²) in [4.78, 5) is 0. The van der Waals surface area contributed by atoms with E-state index < -0.39 is 23.8 Å². The molecule has 0 aromatic heterocycles. The van der Waals surface area contributed by atoms with Gasteiger partial charge in [-0.2, -0.15) is 0 Å². The van der Waals surface area contributed by atoms with Crippen LogP contribution in [-0.2, 0) is 15.1 Å². The first-order chi connectivity index (χ1) is 15.6. The lowest BCUT2D eigenvalue weighted by Crippen LogP contribution is -2.38. The molecule has 0 spiro atoms. The van der Waals surface area contributed by atoms with Gasteiger partial charge in [0.25, 0.3) is 0 Å². The second-order valence-electron chi connectivity index (χ2n) is 7.83. The molecule has 3 aromatic carbocycles. The fraction of sp³-hybridized carbons (Fsp3) is 0.308. The Morgan fingerprint density at radius 3 is 1.78 bits per heavy atom. The molecule has 1 fully saturated rings. The van der Waals surface area contributed by atoms with Crippen LogP contribution in [0.3, 0.4) is 0 Å². The van der Waals surface area contributed by atoms with Gasteiger partial charge in [0, 0.05) is 6.00 Å². The maximum atomic E-state index is 10.4. The molecule has 1 aliphatic heterocycles. The minimum atomic E-state index is -0.949. The predicted molar refractivity (Wildman–Crippen MR) is 123 cm³/mol. The van der Waals surface area contributed by atoms with Crippen molar-refractivity contribution in [1.82, 2.24) is 0 Å². The van der Waals surface area contributed by atoms with Crippen LogP contribution in [0.4, 0.5) is 0 Å². The highest BCUT2D eigenvalue weighted by Crippen LogP contribution is 2.42. The zero-order valence-electron chi connectivity index (χ0n) is 18.3. The lowest BCUT2D eigenvalue weighted by atomic mass is 9.80. The second kappa shape index (κ2) is 9.78. The van der Waals surface area contributed by atoms with Crippen molar-refractivity contribution in [3.63, 3.8) is 0 Å². The third-order valence-corrected chi connectivity index (χ3v) is 5.89. The van der Waals surface area contributed by atoms with E-state index in [9.17, 15) is 5.11 Å². The van der Waals surface area contributed by atoms with Crippen LogP contribution >= 0.6 is 0 Å². The Bertz CT molecular complexity index is 943. The predicted octanol–water partition coefficient (Wildman–Crippen LogP) is 3.66. The molecule has 3 atom stereocenters. The monoisotopic (exact) mass is 430 g/mol. The first-order valence-corrected chi connectivity index (χ1v) is 10.6. The normalized spacial score (nSPS) is 20.8. The van der Waals surface area contributed by atoms with Gasteiger partial charge in [0.1, 0.15) is 31.1 Å². The Labute approximate surface area is 190 Å². The fourth-order valence-corrected chi connectivity index (χ4v) is 4.19. The van der Waals surface area contributed by atoms with Gasteiger partial charge in [-0.25, -0.2) is 0 Å². The van der Waals surface area contributed by atoms with Gasteiger partial charge in [-0.15, -0.1) is 0 Å². The topological polar surface area (TPSA) is 57.2 Å². The Morgan fingerprint density at radius 1 is 0.844 bits per heavy atom. The largest absolute Gasteiger partial charge is 0.497 e. The lowest BCUT2D eigenvalue weighted by molar-refractivity contribution is -0.0737. The summed E-state index contributed by atoms with van der Waals surface area (Å²) >= 11 is 0. The Morgan fingerprint density at radius 2 is 1.34 bits per heavy atom. The number of benzene rings is 3. The summed E-state index contributed by atoms with van der Waals surface area (Å²) in [5.41, 5.74) is 1.85. The molecule has 3 aromatic rings. The number of methoxy groups -OCH3 is 2. The zero-order valence-corrected chi connectivity index (χ0v) is 18.3. The van der Waals surface area contributed by atoms with Gasteiger partial charge < -0.3 is 24.1 Å². The van der Waals surface area contributed by atoms with E-state index >= 15 is 0 Å². The molecule has 164 valence electrons. The lowest BCUT2D eigenvalue weighted by Gasteiger charge is -2.37. The molecule has 32 heavy (non-hydrogen) atoms. The first-order valence-electron chi connectivity index (χ1n) is 10.6. The van der Waals surface area contributed by atoms with E-state index in [1.165, 1.54) is 0 Å². The van der Waals surface area contributed by atoms with Gasteiger partial charge >= 0.3 is 0 Å². The van der Waals surface area contributed by atoms with Gasteiger partial charge in [-0.1, -0.05) is 54.6 Å². The zero-order chi connectivity index (χ0) is 22.6. The first kappa shape index (κ1) is 22.4. The molecule has 1 saturated heterocycles. The molecule has 0 bridgehead atoms. The quantitative estimate of drug-likeness (QED) is 0.437. The maximum absolute atomic E-state index is 10.4. The van der Waals surface area contributed by atoms with E-state index in [4.69, 9.17) is 26.8 Å². The molecule has 0 amide bonds. The van der Waals surface area contributed by atoms with Crippen LogP contribution in [-0.4, -0.2) is 52.0 Å². The van der Waals surface area contributed by atoms with Gasteiger partial charge in [-0.05, 0) is 47.4 Å². The molecule has 4 rings (SSSR count). The van der Waals surface area contributed by atoms with Crippen LogP contribution in [0.15, 0.2) is 78.9 Å². The fourth-order valence-electron chi connectivity index (χ4n) is 4.19. The van der Waals surface area contributed by atoms with Crippen molar-refractivity contribution in [3.8, 4) is 11.5 Å². The van der Waals surface area contributed by atoms with Crippen LogP contribution in [0.1, 0.15) is 23.1 Å². The van der Waals surface area contributed by atoms with Crippen LogP contribution in [0, 0.1) is 0 Å². The number of ether oxygens (including phenoxy) is 4. The van der Waals surface area contributed by atoms with Gasteiger partial charge in [0.2, 0.25) is 0 Å². The molecule has 0 unspecified atom stereocenters. The van der Waals surface area contributed by atoms with E-state index in [0.29, 0.717) is 6.42 Å². The molecule has 0 aliphatic carbocycles. The van der Waals surface area contributed by atoms with Gasteiger partial charge in [-0.3, -0.25) is 0 Å². The van der Waals surface area contributed by atoms with Gasteiger partial charge in [0.15, 0.2) is 0 Å². The van der Waals surface area contributed by atoms with Crippen molar-refractivity contribution >= 4 is 7.85 Å². The Hall–Kier alpha value is -2.80. The highest BCUT2D eigenvalue weighted by molar-refractivity contribution is 6.11. The molecule has 1 N–H and O–H groups in total. The SMILES string of the molecule is [B][C@H]1C[C@H](O)[C@@H](COC(c2ccccc2)(c2ccc(OC)cc2)c2ccc(OC)cc2)O1. The molecular weight excluding hydrogens is 403 g/mol. The summed E-state index contributed by atoms with van der Waals surface area (Å²) in [5.74, 6) is 1.51. The Balaban J connectivity index is 1.84. The molecule has 5 nitrogen and oxygen atoms in total. The van der Waals surface area contributed by atoms with Crippen molar-refractivity contribution in [3.05, 3.63) is 95.6 Å². The standard InChI is InChI=1S/C26H27BO5/c1-29-21-12-8-19(9-13-21)26(18-6-4-3-5-7-18,20-10-14-22(30-2)15-11-20)31-17-24-23(28)16-25(27)32-24/h3-15,23-25,28H,16-17H2,1-2H3/t23-,24+,25+/m0/s1. The van der Waals surface area contributed by atoms with Crippen LogP contribution in [0.2, 0.25) is 0 Å². The molecule has 1 aliphatic rings. The number of aliphatic hydroxyl groups excluding tert-OH is 1. The molecule has 0 saturated carbocycles. The average molecular weight is 430 g/mol. The number of aliphatic hydroxyl groups is 1. The summed E-state index contributed by atoms with van der Waals surface area (Å²) in [5, 5.41) is 10.4. The van der Waals surface area contributed by atoms with Crippen LogP contribution in [0.25, 0.3) is 0 Å². The average Bonchev–Trinajstić information content (AvgIpc) is 3.17. The van der Waals surface area contributed by atoms with Crippen molar-refractivity contribution in [2.75, 3.05) is 20.8 Å². The second-order valence-corrected chi connectivity index (χ2v) is 7.83. The highest BCUT2D eigenvalue weighted by atomic mass is 16.6. The smallest absolute Gasteiger partial charge is 0.143 e. The van der Waals surface area contributed by atoms with E-state index in [-0.39, 0.29) is 6.61 Å².